The van der Waals surface area contributed by atoms with Crippen molar-refractivity contribution in [1.29, 1.82) is 0 Å². The molecule has 0 spiro atoms. The van der Waals surface area contributed by atoms with Crippen molar-refractivity contribution in [2.45, 2.75) is 44.2 Å². The Morgan fingerprint density at radius 2 is 1.64 bits per heavy atom. The molecule has 5 aromatic carbocycles. The normalized spacial score (nSPS) is 17.3. The van der Waals surface area contributed by atoms with E-state index in [0.717, 1.165) is 54.7 Å². The number of H-pyrrole nitrogens is 1. The van der Waals surface area contributed by atoms with Gasteiger partial charge in [0.25, 0.3) is 5.91 Å². The molecule has 3 aliphatic rings. The number of hydrogen-bond donors (Lipinski definition) is 6. The minimum atomic E-state index is -0.942. The van der Waals surface area contributed by atoms with Crippen molar-refractivity contribution in [3.05, 3.63) is 171 Å². The molecule has 66 heavy (non-hydrogen) atoms. The van der Waals surface area contributed by atoms with E-state index in [1.54, 1.807) is 54.6 Å². The molecule has 0 unspecified atom stereocenters. The number of aliphatic hydroxyl groups excluding tert-OH is 1. The Hall–Kier alpha value is -7.20. The lowest BCUT2D eigenvalue weighted by Crippen LogP contribution is -2.52. The number of piperidine rings is 3. The number of aliphatic hydroxyl groups is 1. The van der Waals surface area contributed by atoms with E-state index in [-0.39, 0.29) is 55.1 Å². The first-order chi connectivity index (χ1) is 32.1. The number of aromatic amines is 1. The van der Waals surface area contributed by atoms with Gasteiger partial charge in [-0.05, 0) is 103 Å². The highest BCUT2D eigenvalue weighted by Gasteiger charge is 2.37. The van der Waals surface area contributed by atoms with E-state index in [4.69, 9.17) is 18.9 Å². The van der Waals surface area contributed by atoms with Crippen LogP contribution in [0.25, 0.3) is 10.9 Å². The third-order valence-electron chi connectivity index (χ3n) is 12.1. The van der Waals surface area contributed by atoms with Crippen molar-refractivity contribution in [1.82, 2.24) is 25.8 Å². The Morgan fingerprint density at radius 1 is 0.864 bits per heavy atom. The van der Waals surface area contributed by atoms with Crippen LogP contribution in [0.4, 0.5) is 4.79 Å². The smallest absolute Gasteiger partial charge is 0.408 e. The number of carbonyl (C=O) groups excluding carboxylic acids is 3. The standard InChI is InChI=1S/C51H53N5O10/c1-63-44-27-37(14-15-38(44)28-52-29-43(58)40-16-18-42(57)48-41(40)17-19-46(59)54-48)49(60)53-22-25-64-50(61)35-12-10-32(11-13-35)31-65-39-9-5-8-36(26-39)47(34-6-3-2-4-7-34)55-51(62)66-45-30-56-23-20-33(45)21-24-56/h2-19,26-27,33,43,45,47,52,57-58H,20-25,28-31H2,1H3,(H,53,60)(H,54,59)(H,55,62)/t43-,45+,47-/m0/s1. The fourth-order valence-electron chi connectivity index (χ4n) is 8.55. The highest BCUT2D eigenvalue weighted by atomic mass is 16.6. The van der Waals surface area contributed by atoms with Gasteiger partial charge in [0.2, 0.25) is 5.56 Å². The van der Waals surface area contributed by atoms with Crippen molar-refractivity contribution >= 4 is 28.9 Å². The minimum absolute atomic E-state index is 0.0457. The third-order valence-corrected chi connectivity index (χ3v) is 12.1. The van der Waals surface area contributed by atoms with Crippen molar-refractivity contribution < 1.29 is 43.5 Å². The average molecular weight is 896 g/mol. The lowest BCUT2D eigenvalue weighted by atomic mass is 9.86. The number of nitrogens with zero attached hydrogens (tertiary/aromatic N) is 1. The quantitative estimate of drug-likeness (QED) is 0.0426. The molecule has 3 aliphatic heterocycles. The number of nitrogens with one attached hydrogen (secondary N) is 4. The number of alkyl carbamates (subject to hydrolysis) is 1. The van der Waals surface area contributed by atoms with E-state index in [1.165, 1.54) is 19.2 Å². The van der Waals surface area contributed by atoms with Gasteiger partial charge in [0, 0.05) is 42.2 Å². The Labute approximate surface area is 381 Å². The summed E-state index contributed by atoms with van der Waals surface area (Å²) in [5.74, 6) is 0.491. The summed E-state index contributed by atoms with van der Waals surface area (Å²) in [5, 5.41) is 30.6. The first-order valence-electron chi connectivity index (χ1n) is 22.0. The zero-order valence-electron chi connectivity index (χ0n) is 36.5. The van der Waals surface area contributed by atoms with Crippen LogP contribution in [0.15, 0.2) is 126 Å². The number of esters is 1. The molecule has 0 radical (unpaired) electrons. The highest BCUT2D eigenvalue weighted by Crippen LogP contribution is 2.32. The monoisotopic (exact) mass is 895 g/mol. The number of phenolic OH excluding ortho intramolecular Hbond substituents is 1. The van der Waals surface area contributed by atoms with Crippen LogP contribution < -0.4 is 31.0 Å². The van der Waals surface area contributed by atoms with E-state index in [1.807, 2.05) is 54.6 Å². The summed E-state index contributed by atoms with van der Waals surface area (Å²) in [6, 6.07) is 34.8. The Bertz CT molecular complexity index is 2700. The molecule has 0 saturated carbocycles. The number of pyridine rings is 1. The van der Waals surface area contributed by atoms with Gasteiger partial charge in [-0.3, -0.25) is 14.5 Å². The summed E-state index contributed by atoms with van der Waals surface area (Å²) in [4.78, 5) is 55.8. The second-order valence-electron chi connectivity index (χ2n) is 16.5. The topological polar surface area (TPSA) is 201 Å². The molecule has 3 atom stereocenters. The van der Waals surface area contributed by atoms with Crippen LogP contribution in [0, 0.1) is 5.92 Å². The summed E-state index contributed by atoms with van der Waals surface area (Å²) in [7, 11) is 1.50. The number of rotatable bonds is 18. The van der Waals surface area contributed by atoms with Crippen LogP contribution in [-0.4, -0.2) is 90.6 Å². The molecule has 4 heterocycles. The number of ether oxygens (including phenoxy) is 4. The predicted octanol–water partition coefficient (Wildman–Crippen LogP) is 6.14. The van der Waals surface area contributed by atoms with Crippen LogP contribution in [0.2, 0.25) is 0 Å². The van der Waals surface area contributed by atoms with Crippen LogP contribution in [0.5, 0.6) is 17.2 Å². The molecule has 0 aliphatic carbocycles. The summed E-state index contributed by atoms with van der Waals surface area (Å²) in [5.41, 5.74) is 4.48. The minimum Gasteiger partial charge on any atom is -0.506 e. The van der Waals surface area contributed by atoms with Gasteiger partial charge in [0.15, 0.2) is 0 Å². The maximum absolute atomic E-state index is 13.2. The van der Waals surface area contributed by atoms with Crippen molar-refractivity contribution in [3.8, 4) is 17.2 Å². The fourth-order valence-corrected chi connectivity index (χ4v) is 8.55. The number of phenols is 1. The largest absolute Gasteiger partial charge is 0.506 e. The summed E-state index contributed by atoms with van der Waals surface area (Å²) in [6.07, 6.45) is 0.618. The van der Waals surface area contributed by atoms with Gasteiger partial charge in [-0.1, -0.05) is 66.7 Å². The molecule has 15 nitrogen and oxygen atoms in total. The van der Waals surface area contributed by atoms with Crippen LogP contribution in [0.3, 0.4) is 0 Å². The summed E-state index contributed by atoms with van der Waals surface area (Å²) < 4.78 is 23.1. The van der Waals surface area contributed by atoms with E-state index >= 15 is 0 Å². The number of fused-ring (bicyclic) bond motifs is 4. The van der Waals surface area contributed by atoms with Gasteiger partial charge in [-0.15, -0.1) is 0 Å². The van der Waals surface area contributed by atoms with Gasteiger partial charge in [-0.2, -0.15) is 0 Å². The zero-order valence-corrected chi connectivity index (χ0v) is 36.5. The highest BCUT2D eigenvalue weighted by molar-refractivity contribution is 5.95. The van der Waals surface area contributed by atoms with Gasteiger partial charge in [0.1, 0.15) is 36.6 Å². The maximum Gasteiger partial charge on any atom is 0.408 e. The maximum atomic E-state index is 13.2. The number of aromatic nitrogens is 1. The van der Waals surface area contributed by atoms with Crippen LogP contribution >= 0.6 is 0 Å². The molecule has 3 fully saturated rings. The molecular formula is C51H53N5O10. The zero-order chi connectivity index (χ0) is 46.0. The molecule has 6 N–H and O–H groups in total. The predicted molar refractivity (Wildman–Crippen MR) is 247 cm³/mol. The molecule has 1 aromatic heterocycles. The Morgan fingerprint density at radius 3 is 2.39 bits per heavy atom. The van der Waals surface area contributed by atoms with Gasteiger partial charge in [0.05, 0.1) is 36.9 Å². The van der Waals surface area contributed by atoms with E-state index in [2.05, 4.69) is 25.8 Å². The summed E-state index contributed by atoms with van der Waals surface area (Å²) >= 11 is 0. The molecule has 9 rings (SSSR count). The third kappa shape index (κ3) is 11.2. The van der Waals surface area contributed by atoms with Crippen molar-refractivity contribution in [3.63, 3.8) is 0 Å². The lowest BCUT2D eigenvalue weighted by Gasteiger charge is -2.43. The number of aromatic hydroxyl groups is 1. The lowest BCUT2D eigenvalue weighted by molar-refractivity contribution is -0.0336. The van der Waals surface area contributed by atoms with Crippen LogP contribution in [0.1, 0.15) is 73.5 Å². The number of methoxy groups -OCH3 is 1. The number of amides is 2. The Balaban J connectivity index is 0.777. The van der Waals surface area contributed by atoms with E-state index in [0.29, 0.717) is 46.0 Å². The summed E-state index contributed by atoms with van der Waals surface area (Å²) in [6.45, 7) is 3.67. The van der Waals surface area contributed by atoms with Gasteiger partial charge in [-0.25, -0.2) is 9.59 Å². The number of carbonyl (C=O) groups is 3. The second-order valence-corrected chi connectivity index (χ2v) is 16.5. The van der Waals surface area contributed by atoms with E-state index in [9.17, 15) is 29.4 Å². The first-order valence-corrected chi connectivity index (χ1v) is 22.0. The van der Waals surface area contributed by atoms with Crippen molar-refractivity contribution in [2.24, 2.45) is 5.92 Å². The fraction of sp³-hybridized carbons (Fsp3) is 0.294. The second kappa shape index (κ2) is 21.2. The molecule has 2 amide bonds. The molecular weight excluding hydrogens is 843 g/mol. The Kier molecular flexibility index (Phi) is 14.6. The number of hydrogen-bond acceptors (Lipinski definition) is 12. The first kappa shape index (κ1) is 45.4. The molecule has 15 heteroatoms. The molecule has 2 bridgehead atoms. The van der Waals surface area contributed by atoms with Gasteiger partial charge >= 0.3 is 12.1 Å². The molecule has 342 valence electrons. The van der Waals surface area contributed by atoms with Crippen molar-refractivity contribution in [2.75, 3.05) is 46.4 Å². The van der Waals surface area contributed by atoms with Crippen LogP contribution in [-0.2, 0) is 22.6 Å². The number of benzene rings is 5. The average Bonchev–Trinajstić information content (AvgIpc) is 3.35. The molecule has 6 aromatic rings. The SMILES string of the molecule is COc1cc(C(=O)NCCOC(=O)c2ccc(COc3cccc([C@@H](NC(=O)O[C@@H]4CN5CCC4CC5)c4ccccc4)c3)cc2)ccc1CNC[C@H](O)c1ccc(O)c2[nH]c(=O)ccc12. The van der Waals surface area contributed by atoms with Gasteiger partial charge < -0.3 is 50.1 Å². The molecule has 3 saturated heterocycles. The van der Waals surface area contributed by atoms with E-state index < -0.39 is 24.2 Å².